The van der Waals surface area contributed by atoms with E-state index in [0.29, 0.717) is 10.0 Å². The summed E-state index contributed by atoms with van der Waals surface area (Å²) in [7, 11) is 0. The Balaban J connectivity index is 2.01. The van der Waals surface area contributed by atoms with Crippen LogP contribution in [0.1, 0.15) is 11.3 Å². The summed E-state index contributed by atoms with van der Waals surface area (Å²) in [6, 6.07) is 11.9. The van der Waals surface area contributed by atoms with E-state index in [1.165, 1.54) is 5.56 Å². The fourth-order valence-corrected chi connectivity index (χ4v) is 2.49. The highest BCUT2D eigenvalue weighted by Gasteiger charge is 2.07. The summed E-state index contributed by atoms with van der Waals surface area (Å²) in [5.74, 6) is 0. The third kappa shape index (κ3) is 2.22. The fraction of sp³-hybridized carbons (Fsp3) is 0.0714. The standard InChI is InChI=1S/C14H10Cl2N2/c15-11-7-13(16)14-17-12(9-18(14)8-11)6-10-4-2-1-3-5-10/h1-5,7-9H,6H2. The molecule has 2 heterocycles. The van der Waals surface area contributed by atoms with Gasteiger partial charge in [0.05, 0.1) is 15.7 Å². The Labute approximate surface area is 115 Å². The molecule has 0 spiro atoms. The van der Waals surface area contributed by atoms with Gasteiger partial charge in [0.1, 0.15) is 0 Å². The summed E-state index contributed by atoms with van der Waals surface area (Å²) in [4.78, 5) is 4.52. The van der Waals surface area contributed by atoms with Crippen LogP contribution in [0.4, 0.5) is 0 Å². The second-order valence-electron chi connectivity index (χ2n) is 4.13. The number of halogens is 2. The summed E-state index contributed by atoms with van der Waals surface area (Å²) >= 11 is 12.1. The lowest BCUT2D eigenvalue weighted by Crippen LogP contribution is -1.86. The second-order valence-corrected chi connectivity index (χ2v) is 4.98. The zero-order valence-electron chi connectivity index (χ0n) is 9.48. The number of benzene rings is 1. The maximum atomic E-state index is 6.11. The van der Waals surface area contributed by atoms with Crippen molar-refractivity contribution < 1.29 is 0 Å². The largest absolute Gasteiger partial charge is 0.304 e. The molecule has 0 amide bonds. The van der Waals surface area contributed by atoms with Gasteiger partial charge in [-0.05, 0) is 11.6 Å². The minimum Gasteiger partial charge on any atom is -0.304 e. The van der Waals surface area contributed by atoms with Crippen molar-refractivity contribution in [2.45, 2.75) is 6.42 Å². The third-order valence-corrected chi connectivity index (χ3v) is 3.24. The molecule has 0 aliphatic carbocycles. The molecule has 90 valence electrons. The summed E-state index contributed by atoms with van der Waals surface area (Å²) in [6.45, 7) is 0. The first-order chi connectivity index (χ1) is 8.72. The lowest BCUT2D eigenvalue weighted by atomic mass is 10.1. The van der Waals surface area contributed by atoms with Crippen molar-refractivity contribution >= 4 is 28.8 Å². The van der Waals surface area contributed by atoms with Gasteiger partial charge in [-0.2, -0.15) is 0 Å². The van der Waals surface area contributed by atoms with E-state index in [0.717, 1.165) is 17.8 Å². The number of pyridine rings is 1. The van der Waals surface area contributed by atoms with Gasteiger partial charge in [0.15, 0.2) is 5.65 Å². The summed E-state index contributed by atoms with van der Waals surface area (Å²) in [5.41, 5.74) is 2.94. The SMILES string of the molecule is Clc1cc(Cl)c2nc(Cc3ccccc3)cn2c1. The topological polar surface area (TPSA) is 17.3 Å². The van der Waals surface area contributed by atoms with E-state index in [9.17, 15) is 0 Å². The Hall–Kier alpha value is -1.51. The Morgan fingerprint density at radius 3 is 2.61 bits per heavy atom. The average molecular weight is 277 g/mol. The van der Waals surface area contributed by atoms with Crippen LogP contribution in [0.15, 0.2) is 48.8 Å². The van der Waals surface area contributed by atoms with Gasteiger partial charge in [-0.1, -0.05) is 53.5 Å². The molecular formula is C14H10Cl2N2. The molecule has 0 atom stereocenters. The van der Waals surface area contributed by atoms with Gasteiger partial charge < -0.3 is 4.40 Å². The van der Waals surface area contributed by atoms with E-state index >= 15 is 0 Å². The van der Waals surface area contributed by atoms with Crippen molar-refractivity contribution in [3.63, 3.8) is 0 Å². The van der Waals surface area contributed by atoms with Gasteiger partial charge in [-0.3, -0.25) is 0 Å². The van der Waals surface area contributed by atoms with Crippen LogP contribution in [0.5, 0.6) is 0 Å². The number of rotatable bonds is 2. The van der Waals surface area contributed by atoms with Crippen molar-refractivity contribution in [1.82, 2.24) is 9.38 Å². The molecule has 0 aliphatic rings. The third-order valence-electron chi connectivity index (χ3n) is 2.75. The van der Waals surface area contributed by atoms with E-state index < -0.39 is 0 Å². The number of hydrogen-bond donors (Lipinski definition) is 0. The van der Waals surface area contributed by atoms with Gasteiger partial charge >= 0.3 is 0 Å². The zero-order valence-corrected chi connectivity index (χ0v) is 11.0. The molecule has 0 fully saturated rings. The van der Waals surface area contributed by atoms with Crippen LogP contribution in [0, 0.1) is 0 Å². The van der Waals surface area contributed by atoms with Crippen molar-refractivity contribution in [3.05, 3.63) is 70.1 Å². The first kappa shape index (κ1) is 11.6. The van der Waals surface area contributed by atoms with Crippen LogP contribution in [0.25, 0.3) is 5.65 Å². The molecule has 4 heteroatoms. The van der Waals surface area contributed by atoms with Gasteiger partial charge in [0.2, 0.25) is 0 Å². The molecule has 2 nitrogen and oxygen atoms in total. The van der Waals surface area contributed by atoms with Crippen LogP contribution in [0.2, 0.25) is 10.0 Å². The molecule has 3 rings (SSSR count). The lowest BCUT2D eigenvalue weighted by Gasteiger charge is -1.95. The van der Waals surface area contributed by atoms with Crippen LogP contribution in [-0.4, -0.2) is 9.38 Å². The van der Waals surface area contributed by atoms with Crippen molar-refractivity contribution in [2.75, 3.05) is 0 Å². The molecular weight excluding hydrogens is 267 g/mol. The smallest absolute Gasteiger partial charge is 0.155 e. The highest BCUT2D eigenvalue weighted by molar-refractivity contribution is 6.36. The van der Waals surface area contributed by atoms with Crippen molar-refractivity contribution in [2.24, 2.45) is 0 Å². The number of hydrogen-bond acceptors (Lipinski definition) is 1. The van der Waals surface area contributed by atoms with Gasteiger partial charge in [0, 0.05) is 18.8 Å². The lowest BCUT2D eigenvalue weighted by molar-refractivity contribution is 1.11. The summed E-state index contributed by atoms with van der Waals surface area (Å²) in [5, 5.41) is 1.18. The molecule has 2 aromatic heterocycles. The summed E-state index contributed by atoms with van der Waals surface area (Å²) < 4.78 is 1.86. The predicted molar refractivity (Wildman–Crippen MR) is 74.5 cm³/mol. The number of imidazole rings is 1. The number of nitrogens with zero attached hydrogens (tertiary/aromatic N) is 2. The zero-order chi connectivity index (χ0) is 12.5. The molecule has 0 radical (unpaired) electrons. The minimum atomic E-state index is 0.571. The highest BCUT2D eigenvalue weighted by atomic mass is 35.5. The average Bonchev–Trinajstić information content (AvgIpc) is 2.73. The predicted octanol–water partition coefficient (Wildman–Crippen LogP) is 4.23. The monoisotopic (exact) mass is 276 g/mol. The van der Waals surface area contributed by atoms with Gasteiger partial charge in [0.25, 0.3) is 0 Å². The fourth-order valence-electron chi connectivity index (χ4n) is 1.97. The molecule has 1 aromatic carbocycles. The first-order valence-electron chi connectivity index (χ1n) is 5.59. The number of aromatic nitrogens is 2. The van der Waals surface area contributed by atoms with Gasteiger partial charge in [-0.15, -0.1) is 0 Å². The Morgan fingerprint density at radius 2 is 1.83 bits per heavy atom. The van der Waals surface area contributed by atoms with E-state index in [2.05, 4.69) is 17.1 Å². The Morgan fingerprint density at radius 1 is 1.06 bits per heavy atom. The number of fused-ring (bicyclic) bond motifs is 1. The van der Waals surface area contributed by atoms with Crippen molar-refractivity contribution in [1.29, 1.82) is 0 Å². The normalized spacial score (nSPS) is 11.0. The molecule has 3 aromatic rings. The molecule has 0 N–H and O–H groups in total. The quantitative estimate of drug-likeness (QED) is 0.685. The van der Waals surface area contributed by atoms with E-state index in [4.69, 9.17) is 23.2 Å². The van der Waals surface area contributed by atoms with Gasteiger partial charge in [-0.25, -0.2) is 4.98 Å². The molecule has 0 saturated heterocycles. The first-order valence-corrected chi connectivity index (χ1v) is 6.34. The molecule has 0 unspecified atom stereocenters. The van der Waals surface area contributed by atoms with E-state index in [1.807, 2.05) is 35.0 Å². The molecule has 18 heavy (non-hydrogen) atoms. The van der Waals surface area contributed by atoms with Crippen LogP contribution >= 0.6 is 23.2 Å². The van der Waals surface area contributed by atoms with Crippen molar-refractivity contribution in [3.8, 4) is 0 Å². The Kier molecular flexibility index (Phi) is 2.98. The van der Waals surface area contributed by atoms with E-state index in [1.54, 1.807) is 6.07 Å². The molecule has 0 aliphatic heterocycles. The van der Waals surface area contributed by atoms with Crippen LogP contribution < -0.4 is 0 Å². The Bertz CT molecular complexity index is 690. The molecule has 0 bridgehead atoms. The summed E-state index contributed by atoms with van der Waals surface area (Å²) in [6.07, 6.45) is 4.56. The minimum absolute atomic E-state index is 0.571. The van der Waals surface area contributed by atoms with E-state index in [-0.39, 0.29) is 0 Å². The highest BCUT2D eigenvalue weighted by Crippen LogP contribution is 2.22. The van der Waals surface area contributed by atoms with Crippen LogP contribution in [-0.2, 0) is 6.42 Å². The maximum absolute atomic E-state index is 6.11. The maximum Gasteiger partial charge on any atom is 0.155 e. The van der Waals surface area contributed by atoms with Crippen LogP contribution in [0.3, 0.4) is 0 Å². The molecule has 0 saturated carbocycles. The second kappa shape index (κ2) is 4.63.